The van der Waals surface area contributed by atoms with Gasteiger partial charge in [0.2, 0.25) is 0 Å². The van der Waals surface area contributed by atoms with E-state index in [0.717, 1.165) is 24.5 Å². The smallest absolute Gasteiger partial charge is 0.129 e. The van der Waals surface area contributed by atoms with E-state index in [9.17, 15) is 0 Å². The minimum Gasteiger partial charge on any atom is -0.462 e. The molecule has 1 N–H and O–H groups in total. The van der Waals surface area contributed by atoms with Crippen LogP contribution in [0.5, 0.6) is 0 Å². The highest BCUT2D eigenvalue weighted by atomic mass is 32.1. The van der Waals surface area contributed by atoms with Gasteiger partial charge >= 0.3 is 0 Å². The lowest BCUT2D eigenvalue weighted by molar-refractivity contribution is 0.162. The third-order valence-electron chi connectivity index (χ3n) is 3.02. The largest absolute Gasteiger partial charge is 0.462 e. The number of aryl methyl sites for hydroxylation is 1. The van der Waals surface area contributed by atoms with Crippen molar-refractivity contribution in [2.24, 2.45) is 0 Å². The Hall–Kier alpha value is -1.10. The summed E-state index contributed by atoms with van der Waals surface area (Å²) in [5.41, 5.74) is 1.31. The van der Waals surface area contributed by atoms with Crippen LogP contribution in [-0.2, 0) is 11.3 Å². The molecule has 0 saturated carbocycles. The van der Waals surface area contributed by atoms with Crippen molar-refractivity contribution in [3.05, 3.63) is 45.5 Å². The normalized spacial score (nSPS) is 12.8. The number of hydrogen-bond acceptors (Lipinski definition) is 4. The molecule has 0 aliphatic rings. The molecule has 2 heterocycles. The monoisotopic (exact) mass is 279 g/mol. The molecule has 0 saturated heterocycles. The predicted octanol–water partition coefficient (Wildman–Crippen LogP) is 3.88. The van der Waals surface area contributed by atoms with Crippen molar-refractivity contribution in [2.75, 3.05) is 13.7 Å². The lowest BCUT2D eigenvalue weighted by Gasteiger charge is -2.16. The molecule has 1 unspecified atom stereocenters. The molecule has 1 atom stereocenters. The van der Waals surface area contributed by atoms with Gasteiger partial charge < -0.3 is 14.5 Å². The molecule has 104 valence electrons. The fraction of sp³-hybridized carbons (Fsp3) is 0.467. The molecule has 2 aromatic heterocycles. The Bertz CT molecular complexity index is 504. The van der Waals surface area contributed by atoms with Crippen LogP contribution in [0.1, 0.15) is 41.3 Å². The van der Waals surface area contributed by atoms with Gasteiger partial charge in [0.05, 0.1) is 0 Å². The van der Waals surface area contributed by atoms with Crippen LogP contribution in [0.4, 0.5) is 0 Å². The highest BCUT2D eigenvalue weighted by Crippen LogP contribution is 2.30. The zero-order valence-electron chi connectivity index (χ0n) is 11.7. The van der Waals surface area contributed by atoms with Gasteiger partial charge in [0, 0.05) is 12.0 Å². The molecule has 0 radical (unpaired) electrons. The van der Waals surface area contributed by atoms with E-state index < -0.39 is 0 Å². The number of methoxy groups -OCH3 is 1. The molecule has 0 amide bonds. The highest BCUT2D eigenvalue weighted by molar-refractivity contribution is 7.10. The van der Waals surface area contributed by atoms with E-state index >= 15 is 0 Å². The first-order chi connectivity index (χ1) is 9.26. The summed E-state index contributed by atoms with van der Waals surface area (Å²) >= 11 is 1.77. The maximum Gasteiger partial charge on any atom is 0.129 e. The summed E-state index contributed by atoms with van der Waals surface area (Å²) in [6.45, 7) is 5.81. The first kappa shape index (κ1) is 14.3. The molecule has 2 rings (SSSR count). The first-order valence-corrected chi connectivity index (χ1v) is 7.49. The van der Waals surface area contributed by atoms with Crippen molar-refractivity contribution in [1.82, 2.24) is 5.32 Å². The van der Waals surface area contributed by atoms with Crippen molar-refractivity contribution in [1.29, 1.82) is 0 Å². The van der Waals surface area contributed by atoms with Crippen molar-refractivity contribution < 1.29 is 9.15 Å². The Labute approximate surface area is 118 Å². The highest BCUT2D eigenvalue weighted by Gasteiger charge is 2.20. The average Bonchev–Trinajstić information content (AvgIpc) is 3.01. The average molecular weight is 279 g/mol. The van der Waals surface area contributed by atoms with E-state index in [1.165, 1.54) is 10.4 Å². The van der Waals surface area contributed by atoms with Gasteiger partial charge in [0.25, 0.3) is 0 Å². The van der Waals surface area contributed by atoms with Gasteiger partial charge in [0.1, 0.15) is 24.2 Å². The molecule has 19 heavy (non-hydrogen) atoms. The Morgan fingerprint density at radius 3 is 2.84 bits per heavy atom. The number of ether oxygens (including phenoxy) is 1. The molecule has 0 aliphatic heterocycles. The van der Waals surface area contributed by atoms with E-state index in [-0.39, 0.29) is 6.04 Å². The quantitative estimate of drug-likeness (QED) is 0.835. The first-order valence-electron chi connectivity index (χ1n) is 6.61. The zero-order chi connectivity index (χ0) is 13.7. The topological polar surface area (TPSA) is 34.4 Å². The Kier molecular flexibility index (Phi) is 5.19. The molecule has 2 aromatic rings. The second-order valence-corrected chi connectivity index (χ2v) is 5.54. The Balaban J connectivity index is 2.23. The molecule has 4 heteroatoms. The third-order valence-corrected chi connectivity index (χ3v) is 4.10. The molecule has 0 spiro atoms. The fourth-order valence-electron chi connectivity index (χ4n) is 2.06. The summed E-state index contributed by atoms with van der Waals surface area (Å²) in [6.07, 6.45) is 1.10. The van der Waals surface area contributed by atoms with E-state index in [1.54, 1.807) is 18.4 Å². The summed E-state index contributed by atoms with van der Waals surface area (Å²) in [7, 11) is 1.68. The number of nitrogens with one attached hydrogen (secondary N) is 1. The molecular weight excluding hydrogens is 258 g/mol. The molecule has 0 aromatic carbocycles. The summed E-state index contributed by atoms with van der Waals surface area (Å²) in [5, 5.41) is 5.69. The van der Waals surface area contributed by atoms with Crippen LogP contribution in [0.25, 0.3) is 0 Å². The third kappa shape index (κ3) is 3.47. The van der Waals surface area contributed by atoms with E-state index in [0.29, 0.717) is 6.61 Å². The molecule has 0 aliphatic carbocycles. The maximum atomic E-state index is 5.88. The lowest BCUT2D eigenvalue weighted by Crippen LogP contribution is -2.22. The van der Waals surface area contributed by atoms with E-state index in [2.05, 4.69) is 30.6 Å². The minimum atomic E-state index is 0.144. The summed E-state index contributed by atoms with van der Waals surface area (Å²) in [4.78, 5) is 1.33. The Morgan fingerprint density at radius 2 is 2.21 bits per heavy atom. The number of thiophene rings is 1. The van der Waals surface area contributed by atoms with Crippen LogP contribution in [0, 0.1) is 6.92 Å². The van der Waals surface area contributed by atoms with Crippen LogP contribution in [0.3, 0.4) is 0 Å². The molecule has 0 fully saturated rings. The van der Waals surface area contributed by atoms with Gasteiger partial charge in [-0.05, 0) is 49.0 Å². The van der Waals surface area contributed by atoms with E-state index in [4.69, 9.17) is 9.15 Å². The van der Waals surface area contributed by atoms with Crippen LogP contribution < -0.4 is 5.32 Å². The standard InChI is InChI=1S/C15H21NO2S/c1-4-8-16-14(15-11(2)7-9-19-15)13-6-5-12(18-13)10-17-3/h5-7,9,14,16H,4,8,10H2,1-3H3. The second kappa shape index (κ2) is 6.89. The number of hydrogen-bond donors (Lipinski definition) is 1. The van der Waals surface area contributed by atoms with Crippen LogP contribution in [0.15, 0.2) is 28.0 Å². The zero-order valence-corrected chi connectivity index (χ0v) is 12.5. The summed E-state index contributed by atoms with van der Waals surface area (Å²) in [5.74, 6) is 1.83. The van der Waals surface area contributed by atoms with Crippen LogP contribution in [-0.4, -0.2) is 13.7 Å². The predicted molar refractivity (Wildman–Crippen MR) is 78.6 cm³/mol. The second-order valence-electron chi connectivity index (χ2n) is 4.59. The number of rotatable bonds is 7. The molecule has 0 bridgehead atoms. The van der Waals surface area contributed by atoms with Gasteiger partial charge in [-0.15, -0.1) is 11.3 Å². The molecule has 3 nitrogen and oxygen atoms in total. The van der Waals surface area contributed by atoms with Gasteiger partial charge in [0.15, 0.2) is 0 Å². The van der Waals surface area contributed by atoms with E-state index in [1.807, 2.05) is 12.1 Å². The van der Waals surface area contributed by atoms with Gasteiger partial charge in [-0.1, -0.05) is 6.92 Å². The fourth-order valence-corrected chi connectivity index (χ4v) is 3.07. The summed E-state index contributed by atoms with van der Waals surface area (Å²) in [6, 6.07) is 6.33. The van der Waals surface area contributed by atoms with Gasteiger partial charge in [-0.3, -0.25) is 0 Å². The van der Waals surface area contributed by atoms with Crippen molar-refractivity contribution in [3.8, 4) is 0 Å². The van der Waals surface area contributed by atoms with Crippen LogP contribution >= 0.6 is 11.3 Å². The lowest BCUT2D eigenvalue weighted by atomic mass is 10.1. The molecular formula is C15H21NO2S. The van der Waals surface area contributed by atoms with Crippen molar-refractivity contribution in [3.63, 3.8) is 0 Å². The van der Waals surface area contributed by atoms with Crippen LogP contribution in [0.2, 0.25) is 0 Å². The number of furan rings is 1. The maximum absolute atomic E-state index is 5.88. The minimum absolute atomic E-state index is 0.144. The van der Waals surface area contributed by atoms with Gasteiger partial charge in [-0.2, -0.15) is 0 Å². The van der Waals surface area contributed by atoms with Gasteiger partial charge in [-0.25, -0.2) is 0 Å². The van der Waals surface area contributed by atoms with Crippen molar-refractivity contribution in [2.45, 2.75) is 32.9 Å². The SMILES string of the molecule is CCCNC(c1ccc(COC)o1)c1sccc1C. The summed E-state index contributed by atoms with van der Waals surface area (Å²) < 4.78 is 11.0. The Morgan fingerprint density at radius 1 is 1.37 bits per heavy atom. The van der Waals surface area contributed by atoms with Crippen molar-refractivity contribution >= 4 is 11.3 Å².